The Morgan fingerprint density at radius 3 is 2.49 bits per heavy atom. The fourth-order valence-electron chi connectivity index (χ4n) is 5.34. The molecule has 0 unspecified atom stereocenters. The number of ketones is 1. The molecule has 0 bridgehead atoms. The zero-order valence-electron chi connectivity index (χ0n) is 20.2. The van der Waals surface area contributed by atoms with Crippen molar-refractivity contribution >= 4 is 11.5 Å². The van der Waals surface area contributed by atoms with Gasteiger partial charge in [0.15, 0.2) is 11.5 Å². The molecule has 3 heterocycles. The van der Waals surface area contributed by atoms with E-state index in [0.717, 1.165) is 64.1 Å². The molecular formula is C30H32N4O. The van der Waals surface area contributed by atoms with Crippen molar-refractivity contribution in [2.75, 3.05) is 19.6 Å². The van der Waals surface area contributed by atoms with Crippen LogP contribution in [0, 0.1) is 12.5 Å². The number of hydrogen-bond donors (Lipinski definition) is 0. The van der Waals surface area contributed by atoms with Crippen molar-refractivity contribution in [2.24, 2.45) is 5.92 Å². The van der Waals surface area contributed by atoms with Gasteiger partial charge in [0.1, 0.15) is 0 Å². The number of carbonyl (C=O) groups is 1. The number of pyridine rings is 1. The van der Waals surface area contributed by atoms with E-state index in [-0.39, 0.29) is 5.78 Å². The van der Waals surface area contributed by atoms with Crippen molar-refractivity contribution in [1.82, 2.24) is 14.8 Å². The number of Topliss-reactive ketones (excluding diaryl/α,β-unsaturated/α-hetero) is 1. The number of nitrogens with zero attached hydrogens (tertiary/aromatic N) is 4. The summed E-state index contributed by atoms with van der Waals surface area (Å²) >= 11 is 0. The van der Waals surface area contributed by atoms with Gasteiger partial charge in [-0.05, 0) is 72.7 Å². The maximum Gasteiger partial charge on any atom is 0.187 e. The van der Waals surface area contributed by atoms with Crippen LogP contribution in [-0.4, -0.2) is 40.2 Å². The van der Waals surface area contributed by atoms with E-state index in [1.807, 2.05) is 48.8 Å². The molecule has 2 aromatic carbocycles. The molecule has 35 heavy (non-hydrogen) atoms. The highest BCUT2D eigenvalue weighted by Crippen LogP contribution is 2.26. The highest BCUT2D eigenvalue weighted by Gasteiger charge is 2.23. The number of piperidine rings is 1. The predicted octanol–water partition coefficient (Wildman–Crippen LogP) is 5.68. The summed E-state index contributed by atoms with van der Waals surface area (Å²) in [4.78, 5) is 25.7. The zero-order chi connectivity index (χ0) is 24.0. The van der Waals surface area contributed by atoms with Crippen LogP contribution < -0.4 is 0 Å². The van der Waals surface area contributed by atoms with Crippen LogP contribution in [0.1, 0.15) is 51.9 Å². The summed E-state index contributed by atoms with van der Waals surface area (Å²) in [5, 5.41) is 0. The number of likely N-dealkylation sites (tertiary alicyclic amines) is 1. The quantitative estimate of drug-likeness (QED) is 0.333. The molecule has 0 spiro atoms. The standard InChI is InChI=1S/C30H32N4O/c1-31-29-8-4-24(5-9-29)20-34-16-12-26-6-7-27(18-28(26)22-34)30(35)17-23-10-14-33(15-11-23)21-25-3-2-13-32-19-25/h2-9,13,18-19,23H,10-12,14-17,20-22H2. The minimum absolute atomic E-state index is 0.283. The topological polar surface area (TPSA) is 40.8 Å². The van der Waals surface area contributed by atoms with Crippen LogP contribution in [-0.2, 0) is 26.1 Å². The van der Waals surface area contributed by atoms with Crippen molar-refractivity contribution in [2.45, 2.75) is 45.3 Å². The van der Waals surface area contributed by atoms with Crippen LogP contribution in [0.2, 0.25) is 0 Å². The summed E-state index contributed by atoms with van der Waals surface area (Å²) in [6.07, 6.45) is 7.58. The van der Waals surface area contributed by atoms with Gasteiger partial charge in [0, 0.05) is 50.6 Å². The summed E-state index contributed by atoms with van der Waals surface area (Å²) in [7, 11) is 0. The van der Waals surface area contributed by atoms with Gasteiger partial charge < -0.3 is 0 Å². The van der Waals surface area contributed by atoms with Crippen LogP contribution in [0.15, 0.2) is 67.0 Å². The first-order valence-electron chi connectivity index (χ1n) is 12.6. The van der Waals surface area contributed by atoms with Crippen molar-refractivity contribution < 1.29 is 4.79 Å². The first-order valence-corrected chi connectivity index (χ1v) is 12.6. The lowest BCUT2D eigenvalue weighted by Crippen LogP contribution is -2.34. The third kappa shape index (κ3) is 6.03. The van der Waals surface area contributed by atoms with Gasteiger partial charge >= 0.3 is 0 Å². The normalized spacial score (nSPS) is 17.0. The maximum atomic E-state index is 13.1. The summed E-state index contributed by atoms with van der Waals surface area (Å²) in [5.74, 6) is 0.754. The van der Waals surface area contributed by atoms with Gasteiger partial charge in [-0.2, -0.15) is 0 Å². The van der Waals surface area contributed by atoms with E-state index in [4.69, 9.17) is 6.57 Å². The van der Waals surface area contributed by atoms with Crippen molar-refractivity contribution in [1.29, 1.82) is 0 Å². The Bertz CT molecular complexity index is 1190. The van der Waals surface area contributed by atoms with Crippen molar-refractivity contribution in [3.05, 3.63) is 106 Å². The summed E-state index contributed by atoms with van der Waals surface area (Å²) in [6.45, 7) is 12.9. The van der Waals surface area contributed by atoms with Gasteiger partial charge in [-0.25, -0.2) is 4.85 Å². The van der Waals surface area contributed by atoms with Crippen molar-refractivity contribution in [3.63, 3.8) is 0 Å². The lowest BCUT2D eigenvalue weighted by molar-refractivity contribution is 0.0924. The van der Waals surface area contributed by atoms with Gasteiger partial charge in [-0.15, -0.1) is 0 Å². The lowest BCUT2D eigenvalue weighted by atomic mass is 9.88. The largest absolute Gasteiger partial charge is 0.299 e. The zero-order valence-corrected chi connectivity index (χ0v) is 20.2. The molecule has 0 amide bonds. The third-order valence-electron chi connectivity index (χ3n) is 7.40. The van der Waals surface area contributed by atoms with E-state index in [1.165, 1.54) is 22.3 Å². The molecule has 0 aliphatic carbocycles. The molecule has 0 N–H and O–H groups in total. The summed E-state index contributed by atoms with van der Waals surface area (Å²) in [5.41, 5.74) is 6.68. The van der Waals surface area contributed by atoms with Gasteiger partial charge in [0.25, 0.3) is 0 Å². The number of fused-ring (bicyclic) bond motifs is 1. The molecule has 2 aliphatic rings. The molecule has 178 valence electrons. The maximum absolute atomic E-state index is 13.1. The molecule has 5 rings (SSSR count). The second-order valence-corrected chi connectivity index (χ2v) is 9.93. The molecule has 5 heteroatoms. The molecule has 0 saturated carbocycles. The highest BCUT2D eigenvalue weighted by atomic mass is 16.1. The minimum Gasteiger partial charge on any atom is -0.299 e. The van der Waals surface area contributed by atoms with E-state index >= 15 is 0 Å². The fourth-order valence-corrected chi connectivity index (χ4v) is 5.34. The number of carbonyl (C=O) groups excluding carboxylic acids is 1. The molecule has 1 aromatic heterocycles. The number of rotatable bonds is 7. The number of hydrogen-bond acceptors (Lipinski definition) is 4. The minimum atomic E-state index is 0.283. The van der Waals surface area contributed by atoms with E-state index < -0.39 is 0 Å². The molecule has 2 aliphatic heterocycles. The van der Waals surface area contributed by atoms with E-state index in [1.54, 1.807) is 0 Å². The Labute approximate surface area is 208 Å². The first kappa shape index (κ1) is 23.4. The second kappa shape index (κ2) is 10.9. The molecular weight excluding hydrogens is 432 g/mol. The monoisotopic (exact) mass is 464 g/mol. The second-order valence-electron chi connectivity index (χ2n) is 9.93. The summed E-state index contributed by atoms with van der Waals surface area (Å²) in [6, 6.07) is 18.3. The molecule has 0 radical (unpaired) electrons. The van der Waals surface area contributed by atoms with Gasteiger partial charge in [0.05, 0.1) is 6.57 Å². The number of aromatic nitrogens is 1. The van der Waals surface area contributed by atoms with Crippen LogP contribution >= 0.6 is 0 Å². The smallest absolute Gasteiger partial charge is 0.187 e. The molecule has 1 fully saturated rings. The molecule has 5 nitrogen and oxygen atoms in total. The van der Waals surface area contributed by atoms with Gasteiger partial charge in [-0.1, -0.05) is 42.5 Å². The highest BCUT2D eigenvalue weighted by molar-refractivity contribution is 5.96. The van der Waals surface area contributed by atoms with Crippen molar-refractivity contribution in [3.8, 4) is 0 Å². The van der Waals surface area contributed by atoms with E-state index in [0.29, 0.717) is 18.0 Å². The number of benzene rings is 2. The van der Waals surface area contributed by atoms with Crippen LogP contribution in [0.4, 0.5) is 5.69 Å². The van der Waals surface area contributed by atoms with Crippen LogP contribution in [0.3, 0.4) is 0 Å². The van der Waals surface area contributed by atoms with Crippen LogP contribution in [0.5, 0.6) is 0 Å². The van der Waals surface area contributed by atoms with E-state index in [2.05, 4.69) is 37.8 Å². The molecule has 1 saturated heterocycles. The average Bonchev–Trinajstić information content (AvgIpc) is 2.90. The Hall–Kier alpha value is -3.33. The molecule has 3 aromatic rings. The van der Waals surface area contributed by atoms with E-state index in [9.17, 15) is 4.79 Å². The Balaban J connectivity index is 1.14. The summed E-state index contributed by atoms with van der Waals surface area (Å²) < 4.78 is 0. The SMILES string of the molecule is [C-]#[N+]c1ccc(CN2CCc3ccc(C(=O)CC4CCN(Cc5cccnc5)CC4)cc3C2)cc1. The Morgan fingerprint density at radius 2 is 1.74 bits per heavy atom. The van der Waals surface area contributed by atoms with Crippen LogP contribution in [0.25, 0.3) is 4.85 Å². The van der Waals surface area contributed by atoms with Gasteiger partial charge in [0.2, 0.25) is 0 Å². The Morgan fingerprint density at radius 1 is 0.943 bits per heavy atom. The fraction of sp³-hybridized carbons (Fsp3) is 0.367. The first-order chi connectivity index (χ1) is 17.2. The average molecular weight is 465 g/mol. The molecule has 0 atom stereocenters. The predicted molar refractivity (Wildman–Crippen MR) is 138 cm³/mol. The Kier molecular flexibility index (Phi) is 7.32. The lowest BCUT2D eigenvalue weighted by Gasteiger charge is -2.32. The van der Waals surface area contributed by atoms with Gasteiger partial charge in [-0.3, -0.25) is 19.6 Å². The third-order valence-corrected chi connectivity index (χ3v) is 7.40.